The Morgan fingerprint density at radius 3 is 2.36 bits per heavy atom. The van der Waals surface area contributed by atoms with Gasteiger partial charge in [-0.3, -0.25) is 14.4 Å². The minimum absolute atomic E-state index is 0.481. The van der Waals surface area contributed by atoms with E-state index in [1.165, 1.54) is 0 Å². The number of primary amides is 1. The van der Waals surface area contributed by atoms with E-state index >= 15 is 0 Å². The maximum atomic E-state index is 10.8. The van der Waals surface area contributed by atoms with Gasteiger partial charge >= 0.3 is 5.97 Å². The van der Waals surface area contributed by atoms with Crippen molar-refractivity contribution in [2.45, 2.75) is 12.5 Å². The van der Waals surface area contributed by atoms with Crippen molar-refractivity contribution in [3.05, 3.63) is 0 Å². The van der Waals surface area contributed by atoms with Gasteiger partial charge in [0.1, 0.15) is 12.6 Å². The Morgan fingerprint density at radius 1 is 1.43 bits per heavy atom. The zero-order chi connectivity index (χ0) is 11.1. The van der Waals surface area contributed by atoms with Crippen molar-refractivity contribution in [3.63, 3.8) is 0 Å². The van der Waals surface area contributed by atoms with Gasteiger partial charge in [-0.1, -0.05) is 0 Å². The quantitative estimate of drug-likeness (QED) is 0.348. The Kier molecular flexibility index (Phi) is 5.19. The number of hydrogen-bond acceptors (Lipinski definition) is 5. The van der Waals surface area contributed by atoms with Crippen molar-refractivity contribution in [2.24, 2.45) is 11.6 Å². The van der Waals surface area contributed by atoms with Crippen LogP contribution in [-0.4, -0.2) is 35.5 Å². The average molecular weight is 205 g/mol. The first-order chi connectivity index (χ1) is 6.47. The molecule has 0 unspecified atom stereocenters. The highest BCUT2D eigenvalue weighted by atomic mass is 16.6. The predicted octanol–water partition coefficient (Wildman–Crippen LogP) is -2.68. The molecule has 8 heteroatoms. The lowest BCUT2D eigenvalue weighted by Gasteiger charge is -2.11. The molecule has 0 aromatic rings. The molecular formula is C6H11N3O5. The highest BCUT2D eigenvalue weighted by Gasteiger charge is 2.21. The monoisotopic (exact) mass is 205 g/mol. The Bertz CT molecular complexity index is 242. The lowest BCUT2D eigenvalue weighted by Crippen LogP contribution is -2.44. The van der Waals surface area contributed by atoms with Crippen molar-refractivity contribution in [2.75, 3.05) is 6.61 Å². The zero-order valence-electron chi connectivity index (χ0n) is 7.23. The SMILES string of the molecule is NOCC(=O)N[C@H](CC(N)=O)C(=O)O. The smallest absolute Gasteiger partial charge is 0.326 e. The summed E-state index contributed by atoms with van der Waals surface area (Å²) in [4.78, 5) is 35.7. The standard InChI is InChI=1S/C6H11N3O5/c7-4(10)1-3(6(12)13)9-5(11)2-14-8/h3H,1-2,8H2,(H2,7,10)(H,9,11)(H,12,13)/t3-/m1/s1. The third-order valence-electron chi connectivity index (χ3n) is 1.25. The van der Waals surface area contributed by atoms with E-state index < -0.39 is 36.9 Å². The largest absolute Gasteiger partial charge is 0.480 e. The van der Waals surface area contributed by atoms with E-state index in [0.29, 0.717) is 0 Å². The van der Waals surface area contributed by atoms with Gasteiger partial charge in [-0.05, 0) is 0 Å². The second kappa shape index (κ2) is 5.89. The summed E-state index contributed by atoms with van der Waals surface area (Å²) in [5.41, 5.74) is 4.77. The maximum absolute atomic E-state index is 10.8. The van der Waals surface area contributed by atoms with Gasteiger partial charge in [-0.15, -0.1) is 0 Å². The number of carboxylic acids is 1. The molecule has 0 saturated heterocycles. The Balaban J connectivity index is 4.16. The molecule has 0 saturated carbocycles. The van der Waals surface area contributed by atoms with Gasteiger partial charge in [0.25, 0.3) is 0 Å². The fourth-order valence-electron chi connectivity index (χ4n) is 0.713. The summed E-state index contributed by atoms with van der Waals surface area (Å²) in [5.74, 6) is 1.67. The number of aliphatic carboxylic acids is 1. The molecule has 14 heavy (non-hydrogen) atoms. The number of nitrogens with two attached hydrogens (primary N) is 2. The minimum atomic E-state index is -1.35. The van der Waals surface area contributed by atoms with Crippen molar-refractivity contribution in [3.8, 4) is 0 Å². The third-order valence-corrected chi connectivity index (χ3v) is 1.25. The van der Waals surface area contributed by atoms with Gasteiger partial charge in [0, 0.05) is 0 Å². The average Bonchev–Trinajstić information content (AvgIpc) is 2.02. The molecule has 2 amide bonds. The van der Waals surface area contributed by atoms with Crippen LogP contribution in [0, 0.1) is 0 Å². The van der Waals surface area contributed by atoms with Crippen LogP contribution < -0.4 is 16.9 Å². The van der Waals surface area contributed by atoms with Crippen molar-refractivity contribution in [1.82, 2.24) is 5.32 Å². The van der Waals surface area contributed by atoms with E-state index in [4.69, 9.17) is 10.8 Å². The van der Waals surface area contributed by atoms with E-state index in [-0.39, 0.29) is 0 Å². The summed E-state index contributed by atoms with van der Waals surface area (Å²) in [7, 11) is 0. The second-order valence-corrected chi connectivity index (χ2v) is 2.44. The van der Waals surface area contributed by atoms with Crippen LogP contribution in [0.4, 0.5) is 0 Å². The molecule has 0 fully saturated rings. The molecule has 8 nitrogen and oxygen atoms in total. The minimum Gasteiger partial charge on any atom is -0.480 e. The fourth-order valence-corrected chi connectivity index (χ4v) is 0.713. The number of nitrogens with one attached hydrogen (secondary N) is 1. The summed E-state index contributed by atoms with van der Waals surface area (Å²) < 4.78 is 0. The van der Waals surface area contributed by atoms with E-state index in [2.05, 4.69) is 10.7 Å². The normalized spacial score (nSPS) is 11.8. The van der Waals surface area contributed by atoms with Crippen LogP contribution >= 0.6 is 0 Å². The molecule has 0 aromatic carbocycles. The van der Waals surface area contributed by atoms with Gasteiger partial charge in [0.15, 0.2) is 0 Å². The van der Waals surface area contributed by atoms with Gasteiger partial charge in [-0.25, -0.2) is 10.7 Å². The van der Waals surface area contributed by atoms with Gasteiger partial charge in [0.05, 0.1) is 6.42 Å². The topological polar surface area (TPSA) is 145 Å². The molecule has 0 heterocycles. The summed E-state index contributed by atoms with van der Waals surface area (Å²) >= 11 is 0. The zero-order valence-corrected chi connectivity index (χ0v) is 7.23. The number of hydrogen-bond donors (Lipinski definition) is 4. The molecule has 0 radical (unpaired) electrons. The molecule has 0 aliphatic rings. The number of amides is 2. The molecule has 0 spiro atoms. The Labute approximate surface area is 79.1 Å². The van der Waals surface area contributed by atoms with Crippen LogP contribution in [0.25, 0.3) is 0 Å². The van der Waals surface area contributed by atoms with Crippen LogP contribution in [-0.2, 0) is 19.2 Å². The molecule has 80 valence electrons. The third kappa shape index (κ3) is 5.06. The highest BCUT2D eigenvalue weighted by molar-refractivity contribution is 5.88. The van der Waals surface area contributed by atoms with E-state index in [1.807, 2.05) is 5.32 Å². The van der Waals surface area contributed by atoms with Gasteiger partial charge in [0.2, 0.25) is 11.8 Å². The molecule has 0 bridgehead atoms. The maximum Gasteiger partial charge on any atom is 0.326 e. The van der Waals surface area contributed by atoms with E-state index in [1.54, 1.807) is 0 Å². The van der Waals surface area contributed by atoms with Crippen molar-refractivity contribution < 1.29 is 24.3 Å². The molecule has 0 aliphatic carbocycles. The molecule has 0 rings (SSSR count). The lowest BCUT2D eigenvalue weighted by molar-refractivity contribution is -0.144. The van der Waals surface area contributed by atoms with Gasteiger partial charge < -0.3 is 16.2 Å². The van der Waals surface area contributed by atoms with E-state index in [0.717, 1.165) is 0 Å². The number of carbonyl (C=O) groups excluding carboxylic acids is 2. The Morgan fingerprint density at radius 2 is 2.00 bits per heavy atom. The molecule has 0 aliphatic heterocycles. The van der Waals surface area contributed by atoms with Crippen LogP contribution in [0.5, 0.6) is 0 Å². The first-order valence-corrected chi connectivity index (χ1v) is 3.59. The van der Waals surface area contributed by atoms with Crippen LogP contribution in [0.15, 0.2) is 0 Å². The number of carboxylic acid groups (broad SMARTS) is 1. The van der Waals surface area contributed by atoms with Crippen molar-refractivity contribution in [1.29, 1.82) is 0 Å². The first-order valence-electron chi connectivity index (χ1n) is 3.59. The summed E-state index contributed by atoms with van der Waals surface area (Å²) in [6.45, 7) is -0.484. The molecule has 0 aromatic heterocycles. The number of carbonyl (C=O) groups is 3. The van der Waals surface area contributed by atoms with Crippen LogP contribution in [0.2, 0.25) is 0 Å². The summed E-state index contributed by atoms with van der Waals surface area (Å²) in [6.07, 6.45) is -0.481. The Hall–Kier alpha value is -1.67. The predicted molar refractivity (Wildman–Crippen MR) is 43.5 cm³/mol. The fraction of sp³-hybridized carbons (Fsp3) is 0.500. The number of rotatable bonds is 6. The molecule has 1 atom stereocenters. The molecule has 6 N–H and O–H groups in total. The van der Waals surface area contributed by atoms with Gasteiger partial charge in [-0.2, -0.15) is 0 Å². The highest BCUT2D eigenvalue weighted by Crippen LogP contribution is 1.91. The lowest BCUT2D eigenvalue weighted by atomic mass is 10.2. The summed E-state index contributed by atoms with van der Waals surface area (Å²) in [6, 6.07) is -1.35. The van der Waals surface area contributed by atoms with Crippen LogP contribution in [0.3, 0.4) is 0 Å². The van der Waals surface area contributed by atoms with E-state index in [9.17, 15) is 14.4 Å². The van der Waals surface area contributed by atoms with Crippen LogP contribution in [0.1, 0.15) is 6.42 Å². The second-order valence-electron chi connectivity index (χ2n) is 2.44. The molecular weight excluding hydrogens is 194 g/mol. The summed E-state index contributed by atoms with van der Waals surface area (Å²) in [5, 5.41) is 10.5. The van der Waals surface area contributed by atoms with Crippen molar-refractivity contribution >= 4 is 17.8 Å². The first kappa shape index (κ1) is 12.3.